The van der Waals surface area contributed by atoms with E-state index in [-0.39, 0.29) is 4.90 Å². The standard InChI is InChI=1S/C15H17NO4S2/c1-9-5-6-12(7-10(9)2)22(18,19)16-13-8-11(3)14(21-13)15(17)20-4/h5-8,16H,1-4H3. The van der Waals surface area contributed by atoms with Crippen molar-refractivity contribution in [1.82, 2.24) is 0 Å². The summed E-state index contributed by atoms with van der Waals surface area (Å²) in [5.41, 5.74) is 2.61. The van der Waals surface area contributed by atoms with Crippen LogP contribution >= 0.6 is 11.3 Å². The van der Waals surface area contributed by atoms with E-state index in [1.807, 2.05) is 13.8 Å². The van der Waals surface area contributed by atoms with Crippen molar-refractivity contribution in [3.8, 4) is 0 Å². The van der Waals surface area contributed by atoms with Gasteiger partial charge in [0.1, 0.15) is 9.88 Å². The van der Waals surface area contributed by atoms with E-state index in [4.69, 9.17) is 0 Å². The largest absolute Gasteiger partial charge is 0.465 e. The summed E-state index contributed by atoms with van der Waals surface area (Å²) in [6.45, 7) is 5.51. The molecule has 7 heteroatoms. The number of rotatable bonds is 4. The zero-order chi connectivity index (χ0) is 16.5. The zero-order valence-electron chi connectivity index (χ0n) is 12.8. The first-order chi connectivity index (χ1) is 10.2. The summed E-state index contributed by atoms with van der Waals surface area (Å²) in [6, 6.07) is 6.57. The summed E-state index contributed by atoms with van der Waals surface area (Å²) >= 11 is 1.06. The van der Waals surface area contributed by atoms with Gasteiger partial charge in [-0.15, -0.1) is 11.3 Å². The first-order valence-electron chi connectivity index (χ1n) is 6.53. The fourth-order valence-corrected chi connectivity index (χ4v) is 4.26. The summed E-state index contributed by atoms with van der Waals surface area (Å²) in [4.78, 5) is 12.2. The quantitative estimate of drug-likeness (QED) is 0.868. The molecule has 1 aromatic heterocycles. The Hall–Kier alpha value is -1.86. The number of nitrogens with one attached hydrogen (secondary N) is 1. The van der Waals surface area contributed by atoms with Gasteiger partial charge in [0, 0.05) is 0 Å². The molecule has 5 nitrogen and oxygen atoms in total. The Morgan fingerprint density at radius 2 is 1.77 bits per heavy atom. The van der Waals surface area contributed by atoms with Gasteiger partial charge in [-0.3, -0.25) is 4.72 Å². The molecule has 0 bridgehead atoms. The molecule has 0 aliphatic carbocycles. The van der Waals surface area contributed by atoms with Gasteiger partial charge in [-0.25, -0.2) is 13.2 Å². The molecular weight excluding hydrogens is 322 g/mol. The maximum absolute atomic E-state index is 12.4. The van der Waals surface area contributed by atoms with Crippen LogP contribution in [0, 0.1) is 20.8 Å². The molecular formula is C15H17NO4S2. The number of hydrogen-bond acceptors (Lipinski definition) is 5. The van der Waals surface area contributed by atoms with E-state index in [0.717, 1.165) is 22.5 Å². The Morgan fingerprint density at radius 3 is 2.36 bits per heavy atom. The van der Waals surface area contributed by atoms with Gasteiger partial charge in [-0.2, -0.15) is 0 Å². The molecule has 0 amide bonds. The van der Waals surface area contributed by atoms with Gasteiger partial charge in [-0.1, -0.05) is 6.07 Å². The molecule has 0 fully saturated rings. The fraction of sp³-hybridized carbons (Fsp3) is 0.267. The Morgan fingerprint density at radius 1 is 1.09 bits per heavy atom. The maximum atomic E-state index is 12.4. The number of benzene rings is 1. The van der Waals surface area contributed by atoms with Crippen LogP contribution < -0.4 is 4.72 Å². The number of ether oxygens (including phenoxy) is 1. The van der Waals surface area contributed by atoms with E-state index >= 15 is 0 Å². The molecule has 1 aromatic carbocycles. The third kappa shape index (κ3) is 3.31. The molecule has 0 atom stereocenters. The second-order valence-electron chi connectivity index (χ2n) is 4.97. The average Bonchev–Trinajstić information content (AvgIpc) is 2.80. The monoisotopic (exact) mass is 339 g/mol. The number of esters is 1. The number of anilines is 1. The van der Waals surface area contributed by atoms with Crippen molar-refractivity contribution in [3.05, 3.63) is 45.8 Å². The highest BCUT2D eigenvalue weighted by Gasteiger charge is 2.19. The summed E-state index contributed by atoms with van der Waals surface area (Å²) in [5, 5.41) is 0.385. The third-order valence-corrected chi connectivity index (χ3v) is 5.94. The van der Waals surface area contributed by atoms with Gasteiger partial charge in [0.2, 0.25) is 0 Å². The lowest BCUT2D eigenvalue weighted by molar-refractivity contribution is 0.0605. The summed E-state index contributed by atoms with van der Waals surface area (Å²) in [7, 11) is -2.39. The van der Waals surface area contributed by atoms with Crippen molar-refractivity contribution in [3.63, 3.8) is 0 Å². The molecule has 118 valence electrons. The van der Waals surface area contributed by atoms with Crippen LogP contribution in [0.15, 0.2) is 29.2 Å². The lowest BCUT2D eigenvalue weighted by atomic mass is 10.1. The topological polar surface area (TPSA) is 72.5 Å². The summed E-state index contributed by atoms with van der Waals surface area (Å²) in [5.74, 6) is -0.473. The molecule has 0 radical (unpaired) electrons. The molecule has 0 saturated carbocycles. The van der Waals surface area contributed by atoms with E-state index in [1.54, 1.807) is 31.2 Å². The molecule has 0 spiro atoms. The van der Waals surface area contributed by atoms with E-state index in [0.29, 0.717) is 15.4 Å². The van der Waals surface area contributed by atoms with Gasteiger partial charge >= 0.3 is 5.97 Å². The first kappa shape index (κ1) is 16.5. The second-order valence-corrected chi connectivity index (χ2v) is 7.70. The molecule has 0 unspecified atom stereocenters. The minimum absolute atomic E-state index is 0.196. The number of carbonyl (C=O) groups is 1. The average molecular weight is 339 g/mol. The lowest BCUT2D eigenvalue weighted by Crippen LogP contribution is -2.12. The van der Waals surface area contributed by atoms with E-state index < -0.39 is 16.0 Å². The Kier molecular flexibility index (Phi) is 4.58. The highest BCUT2D eigenvalue weighted by Crippen LogP contribution is 2.29. The van der Waals surface area contributed by atoms with Crippen molar-refractivity contribution in [1.29, 1.82) is 0 Å². The van der Waals surface area contributed by atoms with Crippen LogP contribution in [-0.2, 0) is 14.8 Å². The van der Waals surface area contributed by atoms with Crippen LogP contribution in [0.5, 0.6) is 0 Å². The number of carbonyl (C=O) groups excluding carboxylic acids is 1. The van der Waals surface area contributed by atoms with Crippen LogP contribution in [0.4, 0.5) is 5.00 Å². The maximum Gasteiger partial charge on any atom is 0.348 e. The van der Waals surface area contributed by atoms with Crippen molar-refractivity contribution >= 4 is 32.3 Å². The van der Waals surface area contributed by atoms with Crippen LogP contribution in [0.2, 0.25) is 0 Å². The molecule has 0 aliphatic rings. The predicted octanol–water partition coefficient (Wildman–Crippen LogP) is 3.26. The normalized spacial score (nSPS) is 11.3. The van der Waals surface area contributed by atoms with E-state index in [1.165, 1.54) is 7.11 Å². The van der Waals surface area contributed by atoms with Crippen LogP contribution in [0.3, 0.4) is 0 Å². The number of hydrogen-bond donors (Lipinski definition) is 1. The molecule has 22 heavy (non-hydrogen) atoms. The third-order valence-electron chi connectivity index (χ3n) is 3.31. The van der Waals surface area contributed by atoms with Gasteiger partial charge in [-0.05, 0) is 55.7 Å². The Balaban J connectivity index is 2.33. The number of methoxy groups -OCH3 is 1. The number of thiophene rings is 1. The first-order valence-corrected chi connectivity index (χ1v) is 8.83. The van der Waals surface area contributed by atoms with Gasteiger partial charge in [0.05, 0.1) is 12.0 Å². The number of aryl methyl sites for hydroxylation is 3. The van der Waals surface area contributed by atoms with Gasteiger partial charge in [0.25, 0.3) is 10.0 Å². The highest BCUT2D eigenvalue weighted by molar-refractivity contribution is 7.93. The van der Waals surface area contributed by atoms with Crippen LogP contribution in [0.25, 0.3) is 0 Å². The van der Waals surface area contributed by atoms with Crippen molar-refractivity contribution in [2.24, 2.45) is 0 Å². The van der Waals surface area contributed by atoms with Crippen LogP contribution in [0.1, 0.15) is 26.4 Å². The molecule has 0 saturated heterocycles. The smallest absolute Gasteiger partial charge is 0.348 e. The fourth-order valence-electron chi connectivity index (χ4n) is 1.90. The summed E-state index contributed by atoms with van der Waals surface area (Å²) < 4.78 is 32.0. The number of sulfonamides is 1. The van der Waals surface area contributed by atoms with E-state index in [9.17, 15) is 13.2 Å². The van der Waals surface area contributed by atoms with E-state index in [2.05, 4.69) is 9.46 Å². The Bertz CT molecular complexity index is 822. The molecule has 0 aliphatic heterocycles. The molecule has 1 heterocycles. The zero-order valence-corrected chi connectivity index (χ0v) is 14.4. The predicted molar refractivity (Wildman–Crippen MR) is 87.1 cm³/mol. The molecule has 2 aromatic rings. The Labute approximate surface area is 134 Å². The SMILES string of the molecule is COC(=O)c1sc(NS(=O)(=O)c2ccc(C)c(C)c2)cc1C. The van der Waals surface area contributed by atoms with Crippen LogP contribution in [-0.4, -0.2) is 21.5 Å². The van der Waals surface area contributed by atoms with Crippen molar-refractivity contribution in [2.45, 2.75) is 25.7 Å². The minimum Gasteiger partial charge on any atom is -0.465 e. The molecule has 2 rings (SSSR count). The second kappa shape index (κ2) is 6.10. The molecule has 1 N–H and O–H groups in total. The summed E-state index contributed by atoms with van der Waals surface area (Å²) in [6.07, 6.45) is 0. The van der Waals surface area contributed by atoms with Crippen molar-refractivity contribution < 1.29 is 17.9 Å². The van der Waals surface area contributed by atoms with Gasteiger partial charge in [0.15, 0.2) is 0 Å². The lowest BCUT2D eigenvalue weighted by Gasteiger charge is -2.08. The minimum atomic E-state index is -3.68. The highest BCUT2D eigenvalue weighted by atomic mass is 32.2. The van der Waals surface area contributed by atoms with Crippen molar-refractivity contribution in [2.75, 3.05) is 11.8 Å². The van der Waals surface area contributed by atoms with Gasteiger partial charge < -0.3 is 4.74 Å².